The van der Waals surface area contributed by atoms with Crippen molar-refractivity contribution < 1.29 is 4.79 Å². The van der Waals surface area contributed by atoms with Crippen LogP contribution in [0.5, 0.6) is 0 Å². The fourth-order valence-electron chi connectivity index (χ4n) is 4.03. The molecule has 1 amide bonds. The summed E-state index contributed by atoms with van der Waals surface area (Å²) in [5.74, 6) is 1.58. The average Bonchev–Trinajstić information content (AvgIpc) is 2.94. The molecule has 0 bridgehead atoms. The van der Waals surface area contributed by atoms with Crippen molar-refractivity contribution in [2.24, 2.45) is 0 Å². The number of H-pyrrole nitrogens is 1. The molecule has 7 heteroatoms. The minimum absolute atomic E-state index is 0.0787. The van der Waals surface area contributed by atoms with Crippen LogP contribution in [0.3, 0.4) is 0 Å². The van der Waals surface area contributed by atoms with Gasteiger partial charge in [0.1, 0.15) is 11.3 Å². The van der Waals surface area contributed by atoms with Gasteiger partial charge >= 0.3 is 0 Å². The summed E-state index contributed by atoms with van der Waals surface area (Å²) in [7, 11) is 0. The molecular weight excluding hydrogens is 330 g/mol. The van der Waals surface area contributed by atoms with E-state index in [9.17, 15) is 9.59 Å². The van der Waals surface area contributed by atoms with E-state index in [1.165, 1.54) is 0 Å². The molecule has 0 spiro atoms. The number of carbonyl (C=O) groups is 1. The zero-order valence-corrected chi connectivity index (χ0v) is 16.2. The van der Waals surface area contributed by atoms with Crippen LogP contribution in [0, 0.1) is 6.92 Å². The third kappa shape index (κ3) is 3.28. The summed E-state index contributed by atoms with van der Waals surface area (Å²) in [6.07, 6.45) is 5.72. The summed E-state index contributed by atoms with van der Waals surface area (Å²) in [6, 6.07) is 0.568. The quantitative estimate of drug-likeness (QED) is 0.887. The van der Waals surface area contributed by atoms with Crippen LogP contribution < -0.4 is 5.56 Å². The molecular formula is C19H29N5O2. The highest BCUT2D eigenvalue weighted by molar-refractivity contribution is 5.73. The molecule has 26 heavy (non-hydrogen) atoms. The van der Waals surface area contributed by atoms with Crippen molar-refractivity contribution >= 4 is 11.4 Å². The normalized spacial score (nSPS) is 23.3. The topological polar surface area (TPSA) is 73.7 Å². The molecule has 4 rings (SSSR count). The van der Waals surface area contributed by atoms with Crippen LogP contribution in [0.15, 0.2) is 17.2 Å². The summed E-state index contributed by atoms with van der Waals surface area (Å²) in [5.41, 5.74) is 1.38. The molecule has 2 fully saturated rings. The standard InChI is InChI=1S/C17H23N5O2.C2H6/c1-11-15-17(24)18-3-4-22(15)16(19-11)13-9-14(10-13)21-7-5-20(6-8-21)12(2)23;1-2/h3-4,13-14H,5-10H2,1-2H3,(H,18,24);1-2H3. The van der Waals surface area contributed by atoms with E-state index < -0.39 is 0 Å². The van der Waals surface area contributed by atoms with Crippen molar-refractivity contribution in [1.29, 1.82) is 0 Å². The first-order valence-corrected chi connectivity index (χ1v) is 9.60. The zero-order valence-electron chi connectivity index (χ0n) is 16.2. The molecule has 0 atom stereocenters. The van der Waals surface area contributed by atoms with Crippen molar-refractivity contribution in [3.63, 3.8) is 0 Å². The van der Waals surface area contributed by atoms with Gasteiger partial charge in [0.25, 0.3) is 5.56 Å². The summed E-state index contributed by atoms with van der Waals surface area (Å²) in [5, 5.41) is 0. The van der Waals surface area contributed by atoms with Gasteiger partial charge in [0.15, 0.2) is 0 Å². The maximum Gasteiger partial charge on any atom is 0.274 e. The van der Waals surface area contributed by atoms with Crippen LogP contribution >= 0.6 is 0 Å². The Hall–Kier alpha value is -2.15. The van der Waals surface area contributed by atoms with Crippen LogP contribution in [0.4, 0.5) is 0 Å². The molecule has 3 heterocycles. The van der Waals surface area contributed by atoms with E-state index in [4.69, 9.17) is 0 Å². The number of nitrogens with one attached hydrogen (secondary N) is 1. The number of aromatic nitrogens is 3. The van der Waals surface area contributed by atoms with Gasteiger partial charge in [-0.1, -0.05) is 13.8 Å². The van der Waals surface area contributed by atoms with Gasteiger partial charge in [0.2, 0.25) is 5.91 Å². The van der Waals surface area contributed by atoms with E-state index in [1.807, 2.05) is 36.3 Å². The maximum atomic E-state index is 12.0. The third-order valence-corrected chi connectivity index (χ3v) is 5.52. The van der Waals surface area contributed by atoms with Crippen LogP contribution in [-0.4, -0.2) is 62.3 Å². The Balaban J connectivity index is 0.000000948. The zero-order chi connectivity index (χ0) is 18.8. The van der Waals surface area contributed by atoms with Gasteiger partial charge in [-0.25, -0.2) is 4.98 Å². The van der Waals surface area contributed by atoms with Crippen molar-refractivity contribution in [2.75, 3.05) is 26.2 Å². The summed E-state index contributed by atoms with van der Waals surface area (Å²) in [4.78, 5) is 35.2. The highest BCUT2D eigenvalue weighted by Gasteiger charge is 2.38. The Morgan fingerprint density at radius 1 is 1.19 bits per heavy atom. The number of piperazine rings is 1. The van der Waals surface area contributed by atoms with Crippen LogP contribution in [0.1, 0.15) is 51.0 Å². The van der Waals surface area contributed by atoms with Gasteiger partial charge in [-0.15, -0.1) is 0 Å². The van der Waals surface area contributed by atoms with Crippen molar-refractivity contribution in [3.8, 4) is 0 Å². The van der Waals surface area contributed by atoms with Gasteiger partial charge in [-0.3, -0.25) is 18.9 Å². The third-order valence-electron chi connectivity index (χ3n) is 5.52. The first kappa shape index (κ1) is 18.6. The second kappa shape index (κ2) is 7.61. The second-order valence-electron chi connectivity index (χ2n) is 6.93. The molecule has 142 valence electrons. The molecule has 7 nitrogen and oxygen atoms in total. The number of hydrogen-bond donors (Lipinski definition) is 1. The first-order valence-electron chi connectivity index (χ1n) is 9.60. The molecule has 1 aliphatic carbocycles. The highest BCUT2D eigenvalue weighted by atomic mass is 16.2. The Morgan fingerprint density at radius 3 is 2.46 bits per heavy atom. The van der Waals surface area contributed by atoms with Gasteiger partial charge in [0.05, 0.1) is 5.69 Å². The Kier molecular flexibility index (Phi) is 5.46. The van der Waals surface area contributed by atoms with Gasteiger partial charge in [0, 0.05) is 57.5 Å². The van der Waals surface area contributed by atoms with Gasteiger partial charge < -0.3 is 9.88 Å². The first-order chi connectivity index (χ1) is 12.5. The summed E-state index contributed by atoms with van der Waals surface area (Å²) < 4.78 is 1.95. The SMILES string of the molecule is CC.CC(=O)N1CCN(C2CC(c3nc(C)c4c(=O)[nH]ccn34)C2)CC1. The lowest BCUT2D eigenvalue weighted by molar-refractivity contribution is -0.131. The Labute approximate surface area is 154 Å². The number of aryl methyl sites for hydroxylation is 1. The minimum Gasteiger partial charge on any atom is -0.340 e. The molecule has 1 saturated heterocycles. The molecule has 1 aliphatic heterocycles. The lowest BCUT2D eigenvalue weighted by Gasteiger charge is -2.46. The van der Waals surface area contributed by atoms with Crippen LogP contribution in [-0.2, 0) is 4.79 Å². The number of rotatable bonds is 2. The summed E-state index contributed by atoms with van der Waals surface area (Å²) >= 11 is 0. The lowest BCUT2D eigenvalue weighted by Crippen LogP contribution is -2.54. The molecule has 2 aliphatic rings. The van der Waals surface area contributed by atoms with Gasteiger partial charge in [-0.2, -0.15) is 0 Å². The average molecular weight is 359 g/mol. The highest BCUT2D eigenvalue weighted by Crippen LogP contribution is 2.39. The molecule has 2 aromatic heterocycles. The van der Waals surface area contributed by atoms with E-state index in [2.05, 4.69) is 14.9 Å². The Morgan fingerprint density at radius 2 is 1.85 bits per heavy atom. The van der Waals surface area contributed by atoms with Crippen molar-refractivity contribution in [3.05, 3.63) is 34.3 Å². The van der Waals surface area contributed by atoms with Gasteiger partial charge in [-0.05, 0) is 19.8 Å². The fraction of sp³-hybridized carbons (Fsp3) is 0.632. The number of amides is 1. The maximum absolute atomic E-state index is 12.0. The molecule has 1 saturated carbocycles. The van der Waals surface area contributed by atoms with E-state index in [0.717, 1.165) is 50.5 Å². The number of imidazole rings is 1. The number of hydrogen-bond acceptors (Lipinski definition) is 4. The molecule has 1 N–H and O–H groups in total. The molecule has 0 aromatic carbocycles. The van der Waals surface area contributed by atoms with Crippen molar-refractivity contribution in [2.45, 2.75) is 52.5 Å². The predicted octanol–water partition coefficient (Wildman–Crippen LogP) is 1.77. The largest absolute Gasteiger partial charge is 0.340 e. The number of fused-ring (bicyclic) bond motifs is 1. The monoisotopic (exact) mass is 359 g/mol. The van der Waals surface area contributed by atoms with Crippen LogP contribution in [0.25, 0.3) is 5.52 Å². The smallest absolute Gasteiger partial charge is 0.274 e. The Bertz CT molecular complexity index is 826. The predicted molar refractivity (Wildman–Crippen MR) is 101 cm³/mol. The molecule has 0 unspecified atom stereocenters. The number of carbonyl (C=O) groups excluding carboxylic acids is 1. The van der Waals surface area contributed by atoms with Crippen molar-refractivity contribution in [1.82, 2.24) is 24.2 Å². The van der Waals surface area contributed by atoms with E-state index >= 15 is 0 Å². The van der Waals surface area contributed by atoms with E-state index in [0.29, 0.717) is 17.5 Å². The minimum atomic E-state index is -0.0787. The van der Waals surface area contributed by atoms with E-state index in [-0.39, 0.29) is 11.5 Å². The summed E-state index contributed by atoms with van der Waals surface area (Å²) in [6.45, 7) is 11.1. The molecule has 0 radical (unpaired) electrons. The molecule has 2 aromatic rings. The lowest BCUT2D eigenvalue weighted by atomic mass is 9.78. The second-order valence-corrected chi connectivity index (χ2v) is 6.93. The van der Waals surface area contributed by atoms with Crippen LogP contribution in [0.2, 0.25) is 0 Å². The number of nitrogens with zero attached hydrogens (tertiary/aromatic N) is 4. The number of aromatic amines is 1. The fourth-order valence-corrected chi connectivity index (χ4v) is 4.03. The van der Waals surface area contributed by atoms with E-state index in [1.54, 1.807) is 13.1 Å².